The van der Waals surface area contributed by atoms with Crippen molar-refractivity contribution in [3.63, 3.8) is 0 Å². The number of carbonyl (C=O) groups is 1. The molecule has 0 bridgehead atoms. The minimum atomic E-state index is 0.102. The Kier molecular flexibility index (Phi) is 3.61. The molecule has 0 saturated heterocycles. The Morgan fingerprint density at radius 1 is 1.00 bits per heavy atom. The molecule has 0 atom stereocenters. The molecular formula is C15H7ClN2O. The molecule has 0 aliphatic carbocycles. The lowest BCUT2D eigenvalue weighted by molar-refractivity contribution is 0.112. The Balaban J connectivity index is 2.72. The number of carbonyl (C=O) groups excluding carboxylic acids is 1. The Morgan fingerprint density at radius 3 is 2.21 bits per heavy atom. The second-order valence-corrected chi connectivity index (χ2v) is 4.23. The largest absolute Gasteiger partial charge is 0.298 e. The first kappa shape index (κ1) is 12.8. The van der Waals surface area contributed by atoms with Crippen LogP contribution in [0.25, 0.3) is 11.1 Å². The third-order valence-corrected chi connectivity index (χ3v) is 3.00. The standard InChI is InChI=1S/C15H7ClN2O/c16-12-4-1-10(2-5-12)13-6-3-11(7-17)14(8-18)15(13)9-19/h1-6,9H. The molecular weight excluding hydrogens is 260 g/mol. The van der Waals surface area contributed by atoms with Crippen LogP contribution in [-0.4, -0.2) is 6.29 Å². The van der Waals surface area contributed by atoms with Crippen molar-refractivity contribution in [2.24, 2.45) is 0 Å². The van der Waals surface area contributed by atoms with Gasteiger partial charge in [0.25, 0.3) is 0 Å². The van der Waals surface area contributed by atoms with Gasteiger partial charge in [-0.1, -0.05) is 29.8 Å². The van der Waals surface area contributed by atoms with Crippen LogP contribution >= 0.6 is 11.6 Å². The summed E-state index contributed by atoms with van der Waals surface area (Å²) in [6.07, 6.45) is 0.601. The van der Waals surface area contributed by atoms with Crippen LogP contribution in [0.2, 0.25) is 5.02 Å². The number of nitriles is 2. The zero-order valence-electron chi connectivity index (χ0n) is 9.72. The maximum atomic E-state index is 11.2. The van der Waals surface area contributed by atoms with Crippen LogP contribution in [0.1, 0.15) is 21.5 Å². The highest BCUT2D eigenvalue weighted by Crippen LogP contribution is 2.28. The van der Waals surface area contributed by atoms with Gasteiger partial charge in [-0.3, -0.25) is 4.79 Å². The molecule has 0 saturated carbocycles. The van der Waals surface area contributed by atoms with Gasteiger partial charge in [0, 0.05) is 10.6 Å². The van der Waals surface area contributed by atoms with Crippen molar-refractivity contribution < 1.29 is 4.79 Å². The summed E-state index contributed by atoms with van der Waals surface area (Å²) in [6, 6.07) is 13.9. The highest BCUT2D eigenvalue weighted by Gasteiger charge is 2.13. The van der Waals surface area contributed by atoms with Gasteiger partial charge in [-0.25, -0.2) is 0 Å². The van der Waals surface area contributed by atoms with Crippen molar-refractivity contribution in [3.05, 3.63) is 58.1 Å². The summed E-state index contributed by atoms with van der Waals surface area (Å²) in [6.45, 7) is 0. The van der Waals surface area contributed by atoms with E-state index in [0.29, 0.717) is 16.9 Å². The Bertz CT molecular complexity index is 722. The van der Waals surface area contributed by atoms with Crippen molar-refractivity contribution in [2.45, 2.75) is 0 Å². The van der Waals surface area contributed by atoms with Crippen LogP contribution in [0.5, 0.6) is 0 Å². The quantitative estimate of drug-likeness (QED) is 0.781. The number of hydrogen-bond donors (Lipinski definition) is 0. The maximum Gasteiger partial charge on any atom is 0.152 e. The van der Waals surface area contributed by atoms with Crippen LogP contribution in [0.3, 0.4) is 0 Å². The first-order chi connectivity index (χ1) is 9.21. The summed E-state index contributed by atoms with van der Waals surface area (Å²) in [7, 11) is 0. The molecule has 4 heteroatoms. The number of rotatable bonds is 2. The zero-order valence-corrected chi connectivity index (χ0v) is 10.5. The van der Waals surface area contributed by atoms with Gasteiger partial charge in [-0.15, -0.1) is 0 Å². The Labute approximate surface area is 115 Å². The second kappa shape index (κ2) is 5.35. The van der Waals surface area contributed by atoms with E-state index in [1.165, 1.54) is 6.07 Å². The first-order valence-corrected chi connectivity index (χ1v) is 5.77. The number of hydrogen-bond acceptors (Lipinski definition) is 3. The van der Waals surface area contributed by atoms with E-state index < -0.39 is 0 Å². The van der Waals surface area contributed by atoms with E-state index in [9.17, 15) is 4.79 Å². The monoisotopic (exact) mass is 266 g/mol. The predicted molar refractivity (Wildman–Crippen MR) is 71.7 cm³/mol. The first-order valence-electron chi connectivity index (χ1n) is 5.39. The summed E-state index contributed by atoms with van der Waals surface area (Å²) in [5, 5.41) is 18.6. The van der Waals surface area contributed by atoms with E-state index in [0.717, 1.165) is 5.56 Å². The van der Waals surface area contributed by atoms with E-state index in [2.05, 4.69) is 0 Å². The van der Waals surface area contributed by atoms with Gasteiger partial charge >= 0.3 is 0 Å². The smallest absolute Gasteiger partial charge is 0.152 e. The van der Waals surface area contributed by atoms with Gasteiger partial charge in [0.05, 0.1) is 11.1 Å². The maximum absolute atomic E-state index is 11.2. The molecule has 0 heterocycles. The molecule has 90 valence electrons. The van der Waals surface area contributed by atoms with E-state index in [4.69, 9.17) is 22.1 Å². The molecule has 0 aromatic heterocycles. The average molecular weight is 267 g/mol. The fraction of sp³-hybridized carbons (Fsp3) is 0. The Hall–Kier alpha value is -2.62. The number of halogens is 1. The molecule has 0 aliphatic rings. The van der Waals surface area contributed by atoms with Crippen molar-refractivity contribution in [2.75, 3.05) is 0 Å². The van der Waals surface area contributed by atoms with E-state index in [1.807, 2.05) is 12.1 Å². The number of benzene rings is 2. The van der Waals surface area contributed by atoms with Crippen LogP contribution in [-0.2, 0) is 0 Å². The molecule has 19 heavy (non-hydrogen) atoms. The molecule has 0 radical (unpaired) electrons. The van der Waals surface area contributed by atoms with Gasteiger partial charge in [-0.2, -0.15) is 10.5 Å². The molecule has 0 N–H and O–H groups in total. The van der Waals surface area contributed by atoms with Crippen molar-refractivity contribution in [1.82, 2.24) is 0 Å². The van der Waals surface area contributed by atoms with Crippen molar-refractivity contribution in [3.8, 4) is 23.3 Å². The SMILES string of the molecule is N#Cc1ccc(-c2ccc(Cl)cc2)c(C=O)c1C#N. The Morgan fingerprint density at radius 2 is 1.68 bits per heavy atom. The van der Waals surface area contributed by atoms with Gasteiger partial charge in [0.2, 0.25) is 0 Å². The van der Waals surface area contributed by atoms with Gasteiger partial charge in [0.1, 0.15) is 12.1 Å². The van der Waals surface area contributed by atoms with Crippen LogP contribution < -0.4 is 0 Å². The molecule has 2 aromatic rings. The highest BCUT2D eigenvalue weighted by atomic mass is 35.5. The molecule has 0 fully saturated rings. The third-order valence-electron chi connectivity index (χ3n) is 2.75. The van der Waals surface area contributed by atoms with Crippen LogP contribution in [0.4, 0.5) is 0 Å². The highest BCUT2D eigenvalue weighted by molar-refractivity contribution is 6.30. The zero-order chi connectivity index (χ0) is 13.8. The summed E-state index contributed by atoms with van der Waals surface area (Å²) in [4.78, 5) is 11.2. The van der Waals surface area contributed by atoms with Crippen molar-refractivity contribution in [1.29, 1.82) is 10.5 Å². The molecule has 3 nitrogen and oxygen atoms in total. The molecule has 0 aliphatic heterocycles. The van der Waals surface area contributed by atoms with Gasteiger partial charge in [0.15, 0.2) is 6.29 Å². The van der Waals surface area contributed by atoms with Gasteiger partial charge < -0.3 is 0 Å². The van der Waals surface area contributed by atoms with Gasteiger partial charge in [-0.05, 0) is 29.3 Å². The van der Waals surface area contributed by atoms with Crippen molar-refractivity contribution >= 4 is 17.9 Å². The van der Waals surface area contributed by atoms with Crippen LogP contribution in [0.15, 0.2) is 36.4 Å². The molecule has 0 spiro atoms. The topological polar surface area (TPSA) is 64.7 Å². The predicted octanol–water partition coefficient (Wildman–Crippen LogP) is 3.56. The fourth-order valence-corrected chi connectivity index (χ4v) is 1.96. The normalized spacial score (nSPS) is 9.42. The summed E-state index contributed by atoms with van der Waals surface area (Å²) >= 11 is 5.81. The minimum Gasteiger partial charge on any atom is -0.298 e. The molecule has 0 unspecified atom stereocenters. The number of nitrogens with zero attached hydrogens (tertiary/aromatic N) is 2. The fourth-order valence-electron chi connectivity index (χ4n) is 1.84. The summed E-state index contributed by atoms with van der Waals surface area (Å²) in [5.41, 5.74) is 1.91. The lowest BCUT2D eigenvalue weighted by Gasteiger charge is -2.08. The van der Waals surface area contributed by atoms with E-state index in [-0.39, 0.29) is 16.7 Å². The lowest BCUT2D eigenvalue weighted by atomic mass is 9.93. The lowest BCUT2D eigenvalue weighted by Crippen LogP contribution is -1.96. The molecule has 2 rings (SSSR count). The molecule has 0 amide bonds. The summed E-state index contributed by atoms with van der Waals surface area (Å²) < 4.78 is 0. The minimum absolute atomic E-state index is 0.102. The van der Waals surface area contributed by atoms with E-state index >= 15 is 0 Å². The number of aldehydes is 1. The third kappa shape index (κ3) is 2.33. The second-order valence-electron chi connectivity index (χ2n) is 3.80. The summed E-state index contributed by atoms with van der Waals surface area (Å²) in [5.74, 6) is 0. The van der Waals surface area contributed by atoms with Crippen LogP contribution in [0, 0.1) is 22.7 Å². The average Bonchev–Trinajstić information content (AvgIpc) is 2.46. The molecule has 2 aromatic carbocycles. The van der Waals surface area contributed by atoms with E-state index in [1.54, 1.807) is 30.3 Å².